The minimum absolute atomic E-state index is 0.821. The molecule has 172 valence electrons. The number of nitrogens with one attached hydrogen (secondary N) is 2. The van der Waals surface area contributed by atoms with E-state index in [1.807, 2.05) is 37.3 Å². The van der Waals surface area contributed by atoms with Gasteiger partial charge >= 0.3 is 0 Å². The standard InChI is InChI=1S/C27H28N6S/c1-4-19-9-14-25-30-18(3)26(33(25)15-19)24-16-34-27(32-24)31-21-12-10-20(11-13-21)17(2)29-23-8-6-5-7-22(23)28/h6,8-16,29H,2,4-5,7,28H2,1,3H3,(H,31,32). The zero-order valence-electron chi connectivity index (χ0n) is 19.4. The lowest BCUT2D eigenvalue weighted by molar-refractivity contribution is 0.890. The van der Waals surface area contributed by atoms with Crippen molar-refractivity contribution in [2.75, 3.05) is 5.32 Å². The quantitative estimate of drug-likeness (QED) is 0.303. The molecule has 3 aromatic heterocycles. The van der Waals surface area contributed by atoms with Gasteiger partial charge in [-0.3, -0.25) is 4.40 Å². The Hall–Kier alpha value is -3.84. The van der Waals surface area contributed by atoms with Crippen molar-refractivity contribution in [3.63, 3.8) is 0 Å². The molecule has 34 heavy (non-hydrogen) atoms. The fourth-order valence-corrected chi connectivity index (χ4v) is 4.80. The maximum Gasteiger partial charge on any atom is 0.187 e. The SMILES string of the molecule is C=C(NC1=C(N)CCC=C1)c1ccc(Nc2nc(-c3c(C)nc4ccc(CC)cn34)cs2)cc1. The fraction of sp³-hybridized carbons (Fsp3) is 0.185. The Morgan fingerprint density at radius 2 is 2.00 bits per heavy atom. The van der Waals surface area contributed by atoms with Gasteiger partial charge < -0.3 is 16.4 Å². The number of allylic oxidation sites excluding steroid dienone is 3. The molecule has 0 saturated carbocycles. The maximum atomic E-state index is 6.11. The third-order valence-electron chi connectivity index (χ3n) is 5.99. The zero-order valence-corrected chi connectivity index (χ0v) is 20.2. The number of nitrogens with zero attached hydrogens (tertiary/aromatic N) is 3. The van der Waals surface area contributed by atoms with Gasteiger partial charge in [0.1, 0.15) is 11.3 Å². The molecule has 0 saturated heterocycles. The summed E-state index contributed by atoms with van der Waals surface area (Å²) in [6.45, 7) is 8.36. The number of imidazole rings is 1. The summed E-state index contributed by atoms with van der Waals surface area (Å²) in [4.78, 5) is 9.56. The number of aryl methyl sites for hydroxylation is 2. The van der Waals surface area contributed by atoms with Gasteiger partial charge in [0, 0.05) is 28.7 Å². The van der Waals surface area contributed by atoms with Crippen molar-refractivity contribution in [2.45, 2.75) is 33.1 Å². The Kier molecular flexibility index (Phi) is 5.94. The summed E-state index contributed by atoms with van der Waals surface area (Å²) in [5.74, 6) is 0. The normalized spacial score (nSPS) is 13.5. The third kappa shape index (κ3) is 4.34. The van der Waals surface area contributed by atoms with Crippen LogP contribution < -0.4 is 16.4 Å². The Balaban J connectivity index is 1.32. The van der Waals surface area contributed by atoms with Gasteiger partial charge in [-0.25, -0.2) is 9.97 Å². The Labute approximate surface area is 203 Å². The molecule has 3 heterocycles. The summed E-state index contributed by atoms with van der Waals surface area (Å²) in [6, 6.07) is 12.3. The molecule has 7 heteroatoms. The van der Waals surface area contributed by atoms with Crippen LogP contribution in [-0.4, -0.2) is 14.4 Å². The maximum absolute atomic E-state index is 6.11. The van der Waals surface area contributed by atoms with E-state index in [2.05, 4.69) is 58.3 Å². The molecule has 0 fully saturated rings. The van der Waals surface area contributed by atoms with Crippen LogP contribution >= 0.6 is 11.3 Å². The van der Waals surface area contributed by atoms with Crippen molar-refractivity contribution in [3.05, 3.63) is 94.9 Å². The van der Waals surface area contributed by atoms with Crippen molar-refractivity contribution in [2.24, 2.45) is 5.73 Å². The number of nitrogens with two attached hydrogens (primary N) is 1. The molecule has 6 nitrogen and oxygen atoms in total. The van der Waals surface area contributed by atoms with Gasteiger partial charge in [-0.15, -0.1) is 11.3 Å². The number of benzene rings is 1. The van der Waals surface area contributed by atoms with Crippen LogP contribution in [0.1, 0.15) is 36.6 Å². The van der Waals surface area contributed by atoms with E-state index < -0.39 is 0 Å². The third-order valence-corrected chi connectivity index (χ3v) is 6.75. The van der Waals surface area contributed by atoms with Gasteiger partial charge in [0.25, 0.3) is 0 Å². The van der Waals surface area contributed by atoms with Crippen LogP contribution in [0, 0.1) is 6.92 Å². The summed E-state index contributed by atoms with van der Waals surface area (Å²) in [7, 11) is 0. The Morgan fingerprint density at radius 3 is 2.76 bits per heavy atom. The minimum atomic E-state index is 0.821. The van der Waals surface area contributed by atoms with Crippen LogP contribution in [0.5, 0.6) is 0 Å². The van der Waals surface area contributed by atoms with E-state index in [1.54, 1.807) is 11.3 Å². The van der Waals surface area contributed by atoms with Crippen LogP contribution in [0.2, 0.25) is 0 Å². The number of hydrogen-bond donors (Lipinski definition) is 3. The van der Waals surface area contributed by atoms with Gasteiger partial charge in [-0.05, 0) is 61.6 Å². The molecule has 1 aromatic carbocycles. The molecule has 0 unspecified atom stereocenters. The number of thiazole rings is 1. The molecule has 5 rings (SSSR count). The van der Waals surface area contributed by atoms with Gasteiger partial charge in [0.05, 0.1) is 17.1 Å². The lowest BCUT2D eigenvalue weighted by Gasteiger charge is -2.16. The van der Waals surface area contributed by atoms with Crippen molar-refractivity contribution in [3.8, 4) is 11.4 Å². The summed E-state index contributed by atoms with van der Waals surface area (Å²) in [5.41, 5.74) is 15.9. The molecule has 0 bridgehead atoms. The highest BCUT2D eigenvalue weighted by molar-refractivity contribution is 7.14. The molecule has 0 spiro atoms. The van der Waals surface area contributed by atoms with Crippen LogP contribution in [0.25, 0.3) is 22.7 Å². The molecule has 4 aromatic rings. The first-order valence-electron chi connectivity index (χ1n) is 11.4. The van der Waals surface area contributed by atoms with Crippen LogP contribution in [0.3, 0.4) is 0 Å². The number of fused-ring (bicyclic) bond motifs is 1. The monoisotopic (exact) mass is 468 g/mol. The number of rotatable bonds is 7. The predicted molar refractivity (Wildman–Crippen MR) is 142 cm³/mol. The highest BCUT2D eigenvalue weighted by Gasteiger charge is 2.15. The number of aromatic nitrogens is 3. The Bertz CT molecular complexity index is 1420. The van der Waals surface area contributed by atoms with Gasteiger partial charge in [0.2, 0.25) is 0 Å². The lowest BCUT2D eigenvalue weighted by atomic mass is 10.1. The summed E-state index contributed by atoms with van der Waals surface area (Å²) in [5, 5.41) is 9.67. The fourth-order valence-electron chi connectivity index (χ4n) is 4.08. The van der Waals surface area contributed by atoms with Crippen LogP contribution in [-0.2, 0) is 6.42 Å². The van der Waals surface area contributed by atoms with Gasteiger partial charge in [-0.2, -0.15) is 0 Å². The van der Waals surface area contributed by atoms with E-state index in [1.165, 1.54) is 5.56 Å². The second kappa shape index (κ2) is 9.19. The molecule has 1 aliphatic rings. The van der Waals surface area contributed by atoms with Crippen molar-refractivity contribution < 1.29 is 0 Å². The van der Waals surface area contributed by atoms with Crippen LogP contribution in [0.4, 0.5) is 10.8 Å². The van der Waals surface area contributed by atoms with Gasteiger partial charge in [0.15, 0.2) is 5.13 Å². The highest BCUT2D eigenvalue weighted by Crippen LogP contribution is 2.30. The number of pyridine rings is 1. The lowest BCUT2D eigenvalue weighted by Crippen LogP contribution is -2.17. The van der Waals surface area contributed by atoms with Gasteiger partial charge in [-0.1, -0.05) is 37.8 Å². The van der Waals surface area contributed by atoms with Crippen LogP contribution in [0.15, 0.2) is 78.1 Å². The van der Waals surface area contributed by atoms with E-state index in [0.29, 0.717) is 0 Å². The average Bonchev–Trinajstić information content (AvgIpc) is 3.43. The topological polar surface area (TPSA) is 80.3 Å². The molecule has 1 aliphatic carbocycles. The molecule has 0 amide bonds. The van der Waals surface area contributed by atoms with E-state index >= 15 is 0 Å². The van der Waals surface area contributed by atoms with Crippen molar-refractivity contribution >= 4 is 33.5 Å². The number of anilines is 2. The second-order valence-electron chi connectivity index (χ2n) is 8.39. The highest BCUT2D eigenvalue weighted by atomic mass is 32.1. The Morgan fingerprint density at radius 1 is 1.18 bits per heavy atom. The molecular weight excluding hydrogens is 440 g/mol. The number of hydrogen-bond acceptors (Lipinski definition) is 6. The molecule has 0 aliphatic heterocycles. The first-order chi connectivity index (χ1) is 16.5. The first kappa shape index (κ1) is 22.0. The zero-order chi connectivity index (χ0) is 23.7. The molecule has 4 N–H and O–H groups in total. The van der Waals surface area contributed by atoms with E-state index in [4.69, 9.17) is 15.7 Å². The first-order valence-corrected chi connectivity index (χ1v) is 12.3. The van der Waals surface area contributed by atoms with E-state index in [0.717, 1.165) is 75.5 Å². The summed E-state index contributed by atoms with van der Waals surface area (Å²) >= 11 is 1.58. The van der Waals surface area contributed by atoms with E-state index in [9.17, 15) is 0 Å². The van der Waals surface area contributed by atoms with Crippen molar-refractivity contribution in [1.82, 2.24) is 19.7 Å². The largest absolute Gasteiger partial charge is 0.400 e. The predicted octanol–water partition coefficient (Wildman–Crippen LogP) is 6.15. The summed E-state index contributed by atoms with van der Waals surface area (Å²) < 4.78 is 2.14. The smallest absolute Gasteiger partial charge is 0.187 e. The van der Waals surface area contributed by atoms with E-state index in [-0.39, 0.29) is 0 Å². The molecule has 0 radical (unpaired) electrons. The molecule has 0 atom stereocenters. The molecular formula is C27H28N6S. The average molecular weight is 469 g/mol. The van der Waals surface area contributed by atoms with Crippen molar-refractivity contribution in [1.29, 1.82) is 0 Å². The minimum Gasteiger partial charge on any atom is -0.400 e. The second-order valence-corrected chi connectivity index (χ2v) is 9.25. The summed E-state index contributed by atoms with van der Waals surface area (Å²) in [6.07, 6.45) is 9.14.